The number of rotatable bonds is 1. The summed E-state index contributed by atoms with van der Waals surface area (Å²) in [5, 5.41) is 0. The van der Waals surface area contributed by atoms with Crippen LogP contribution in [-0.2, 0) is 11.8 Å². The molecular formula is C16H10F4O. The Kier molecular flexibility index (Phi) is 2.74. The Balaban J connectivity index is 2.39. The summed E-state index contributed by atoms with van der Waals surface area (Å²) < 4.78 is 56.8. The molecule has 0 unspecified atom stereocenters. The van der Waals surface area contributed by atoms with Crippen molar-refractivity contribution < 1.29 is 22.4 Å². The molecule has 0 amide bonds. The molecule has 0 saturated heterocycles. The Morgan fingerprint density at radius 2 is 1.43 bits per heavy atom. The van der Waals surface area contributed by atoms with Crippen LogP contribution < -0.4 is 0 Å². The van der Waals surface area contributed by atoms with Crippen LogP contribution in [0.3, 0.4) is 0 Å². The highest BCUT2D eigenvalue weighted by atomic mass is 19.3. The number of fused-ring (bicyclic) bond motifs is 3. The van der Waals surface area contributed by atoms with Crippen LogP contribution in [0.15, 0.2) is 42.5 Å². The maximum absolute atomic E-state index is 14.2. The van der Waals surface area contributed by atoms with Gasteiger partial charge in [0.25, 0.3) is 0 Å². The van der Waals surface area contributed by atoms with E-state index in [9.17, 15) is 22.4 Å². The number of carbonyl (C=O) groups excluding carboxylic acids is 1. The van der Waals surface area contributed by atoms with Crippen molar-refractivity contribution in [2.24, 2.45) is 0 Å². The third kappa shape index (κ3) is 1.73. The third-order valence-corrected chi connectivity index (χ3v) is 3.71. The lowest BCUT2D eigenvalue weighted by molar-refractivity contribution is -0.225. The lowest BCUT2D eigenvalue weighted by Gasteiger charge is -2.34. The largest absolute Gasteiger partial charge is 0.340 e. The predicted octanol–water partition coefficient (Wildman–Crippen LogP) is 4.75. The van der Waals surface area contributed by atoms with Crippen LogP contribution in [0.5, 0.6) is 0 Å². The zero-order chi connectivity index (χ0) is 15.4. The average molecular weight is 294 g/mol. The van der Waals surface area contributed by atoms with E-state index in [1.54, 1.807) is 0 Å². The van der Waals surface area contributed by atoms with Gasteiger partial charge in [-0.1, -0.05) is 36.4 Å². The lowest BCUT2D eigenvalue weighted by Crippen LogP contribution is -2.39. The summed E-state index contributed by atoms with van der Waals surface area (Å²) >= 11 is 0. The van der Waals surface area contributed by atoms with Crippen LogP contribution in [0.4, 0.5) is 17.6 Å². The van der Waals surface area contributed by atoms with E-state index < -0.39 is 28.8 Å². The van der Waals surface area contributed by atoms with Crippen LogP contribution in [0.1, 0.15) is 28.4 Å². The molecule has 0 N–H and O–H groups in total. The van der Waals surface area contributed by atoms with Crippen molar-refractivity contribution in [2.75, 3.05) is 0 Å². The second-order valence-electron chi connectivity index (χ2n) is 5.01. The van der Waals surface area contributed by atoms with E-state index in [-0.39, 0.29) is 16.7 Å². The van der Waals surface area contributed by atoms with E-state index in [2.05, 4.69) is 0 Å². The molecule has 5 heteroatoms. The number of hydrogen-bond acceptors (Lipinski definition) is 1. The van der Waals surface area contributed by atoms with E-state index in [0.717, 1.165) is 12.1 Å². The van der Waals surface area contributed by atoms with Crippen molar-refractivity contribution in [3.05, 3.63) is 59.2 Å². The third-order valence-electron chi connectivity index (χ3n) is 3.71. The number of ketones is 1. The molecular weight excluding hydrogens is 284 g/mol. The van der Waals surface area contributed by atoms with E-state index in [1.807, 2.05) is 0 Å². The molecule has 1 aliphatic carbocycles. The molecule has 2 aromatic carbocycles. The summed E-state index contributed by atoms with van der Waals surface area (Å²) in [4.78, 5) is 11.3. The molecule has 0 fully saturated rings. The Hall–Kier alpha value is -2.17. The number of Topliss-reactive ketones (excluding diaryl/α,β-unsaturated/α-hetero) is 1. The van der Waals surface area contributed by atoms with Gasteiger partial charge in [0, 0.05) is 16.7 Å². The summed E-state index contributed by atoms with van der Waals surface area (Å²) in [5.74, 6) is -9.12. The van der Waals surface area contributed by atoms with Gasteiger partial charge in [0.05, 0.1) is 0 Å². The first kappa shape index (κ1) is 13.8. The highest BCUT2D eigenvalue weighted by Gasteiger charge is 2.62. The predicted molar refractivity (Wildman–Crippen MR) is 69.7 cm³/mol. The van der Waals surface area contributed by atoms with Gasteiger partial charge < -0.3 is 0 Å². The molecule has 0 heterocycles. The van der Waals surface area contributed by atoms with Crippen LogP contribution in [0.25, 0.3) is 11.1 Å². The number of alkyl halides is 4. The minimum absolute atomic E-state index is 0.0105. The molecule has 0 saturated carbocycles. The lowest BCUT2D eigenvalue weighted by atomic mass is 9.80. The molecule has 0 radical (unpaired) electrons. The summed E-state index contributed by atoms with van der Waals surface area (Å²) in [6.07, 6.45) is 0. The van der Waals surface area contributed by atoms with E-state index in [4.69, 9.17) is 0 Å². The number of benzene rings is 2. The molecule has 21 heavy (non-hydrogen) atoms. The van der Waals surface area contributed by atoms with Gasteiger partial charge in [0.15, 0.2) is 5.78 Å². The minimum atomic E-state index is -4.36. The van der Waals surface area contributed by atoms with Gasteiger partial charge in [-0.3, -0.25) is 4.79 Å². The zero-order valence-electron chi connectivity index (χ0n) is 11.0. The fourth-order valence-electron chi connectivity index (χ4n) is 2.59. The SMILES string of the molecule is CC(=O)c1ccc2c(c1)C(F)(F)C(F)(F)c1ccccc1-2. The molecule has 1 aliphatic rings. The fraction of sp³-hybridized carbons (Fsp3) is 0.188. The molecule has 0 aliphatic heterocycles. The second kappa shape index (κ2) is 4.16. The Morgan fingerprint density at radius 1 is 0.857 bits per heavy atom. The van der Waals surface area contributed by atoms with Gasteiger partial charge in [0.1, 0.15) is 0 Å². The highest BCUT2D eigenvalue weighted by Crippen LogP contribution is 2.57. The smallest absolute Gasteiger partial charge is 0.295 e. The summed E-state index contributed by atoms with van der Waals surface area (Å²) in [6.45, 7) is 1.20. The second-order valence-corrected chi connectivity index (χ2v) is 5.01. The van der Waals surface area contributed by atoms with Crippen LogP contribution in [0, 0.1) is 0 Å². The standard InChI is InChI=1S/C16H10F4O/c1-9(21)10-6-7-12-11-4-2-3-5-13(11)15(17,18)16(19,20)14(12)8-10/h2-8H,1H3. The van der Waals surface area contributed by atoms with Gasteiger partial charge in [-0.05, 0) is 24.1 Å². The van der Waals surface area contributed by atoms with Gasteiger partial charge in [-0.15, -0.1) is 0 Å². The van der Waals surface area contributed by atoms with Crippen molar-refractivity contribution in [3.8, 4) is 11.1 Å². The maximum Gasteiger partial charge on any atom is 0.340 e. The van der Waals surface area contributed by atoms with E-state index in [1.165, 1.54) is 37.3 Å². The van der Waals surface area contributed by atoms with Gasteiger partial charge in [0.2, 0.25) is 0 Å². The summed E-state index contributed by atoms with van der Waals surface area (Å²) in [7, 11) is 0. The number of halogens is 4. The van der Waals surface area contributed by atoms with Crippen LogP contribution >= 0.6 is 0 Å². The molecule has 0 atom stereocenters. The summed E-state index contributed by atoms with van der Waals surface area (Å²) in [5.41, 5.74) is -1.41. The van der Waals surface area contributed by atoms with E-state index >= 15 is 0 Å². The Morgan fingerprint density at radius 3 is 2.10 bits per heavy atom. The minimum Gasteiger partial charge on any atom is -0.295 e. The number of hydrogen-bond donors (Lipinski definition) is 0. The van der Waals surface area contributed by atoms with Crippen molar-refractivity contribution in [1.29, 1.82) is 0 Å². The van der Waals surface area contributed by atoms with E-state index in [0.29, 0.717) is 0 Å². The molecule has 0 spiro atoms. The molecule has 0 bridgehead atoms. The molecule has 108 valence electrons. The first-order valence-corrected chi connectivity index (χ1v) is 6.28. The van der Waals surface area contributed by atoms with Crippen molar-refractivity contribution in [2.45, 2.75) is 18.8 Å². The quantitative estimate of drug-likeness (QED) is 0.548. The van der Waals surface area contributed by atoms with Gasteiger partial charge in [-0.25, -0.2) is 0 Å². The highest BCUT2D eigenvalue weighted by molar-refractivity contribution is 5.95. The fourth-order valence-corrected chi connectivity index (χ4v) is 2.59. The topological polar surface area (TPSA) is 17.1 Å². The van der Waals surface area contributed by atoms with Gasteiger partial charge >= 0.3 is 11.8 Å². The van der Waals surface area contributed by atoms with Gasteiger partial charge in [-0.2, -0.15) is 17.6 Å². The average Bonchev–Trinajstić information content (AvgIpc) is 2.45. The normalized spacial score (nSPS) is 17.8. The van der Waals surface area contributed by atoms with Crippen LogP contribution in [-0.4, -0.2) is 5.78 Å². The van der Waals surface area contributed by atoms with Crippen molar-refractivity contribution in [1.82, 2.24) is 0 Å². The first-order chi connectivity index (χ1) is 9.76. The van der Waals surface area contributed by atoms with Crippen molar-refractivity contribution in [3.63, 3.8) is 0 Å². The van der Waals surface area contributed by atoms with Crippen molar-refractivity contribution >= 4 is 5.78 Å². The zero-order valence-corrected chi connectivity index (χ0v) is 11.0. The maximum atomic E-state index is 14.2. The molecule has 1 nitrogen and oxygen atoms in total. The first-order valence-electron chi connectivity index (χ1n) is 6.28. The number of carbonyl (C=O) groups is 1. The molecule has 0 aromatic heterocycles. The van der Waals surface area contributed by atoms with Crippen LogP contribution in [0.2, 0.25) is 0 Å². The Labute approximate surface area is 118 Å². The Bertz CT molecular complexity index is 750. The summed E-state index contributed by atoms with van der Waals surface area (Å²) in [6, 6.07) is 8.74. The molecule has 3 rings (SSSR count). The monoisotopic (exact) mass is 294 g/mol. The molecule has 2 aromatic rings.